The second-order valence-corrected chi connectivity index (χ2v) is 6.07. The van der Waals surface area contributed by atoms with Gasteiger partial charge in [0, 0.05) is 18.8 Å². The van der Waals surface area contributed by atoms with Crippen LogP contribution in [0.2, 0.25) is 0 Å². The van der Waals surface area contributed by atoms with Crippen LogP contribution in [0.5, 0.6) is 0 Å². The average Bonchev–Trinajstić information content (AvgIpc) is 3.26. The van der Waals surface area contributed by atoms with Crippen molar-refractivity contribution in [1.82, 2.24) is 19.5 Å². The highest BCUT2D eigenvalue weighted by molar-refractivity contribution is 5.92. The summed E-state index contributed by atoms with van der Waals surface area (Å²) in [4.78, 5) is 14.4. The van der Waals surface area contributed by atoms with E-state index in [1.165, 1.54) is 18.2 Å². The molecule has 4 rings (SSSR count). The third kappa shape index (κ3) is 3.03. The standard InChI is InChI=1S/C19H17FN4O/c20-15-6-3-5-14(13-15)9-10-18(25)23-12-4-7-16(23)19-22-21-17-8-1-2-11-24(17)19/h1-3,5-6,8-11,13,16H,4,7,12H2/b10-9+. The van der Waals surface area contributed by atoms with Crippen LogP contribution in [-0.4, -0.2) is 31.9 Å². The molecule has 25 heavy (non-hydrogen) atoms. The molecule has 126 valence electrons. The molecule has 0 radical (unpaired) electrons. The van der Waals surface area contributed by atoms with Crippen molar-refractivity contribution >= 4 is 17.6 Å². The van der Waals surface area contributed by atoms with Crippen molar-refractivity contribution in [2.45, 2.75) is 18.9 Å². The fourth-order valence-electron chi connectivity index (χ4n) is 3.26. The zero-order chi connectivity index (χ0) is 17.2. The van der Waals surface area contributed by atoms with Crippen LogP contribution in [-0.2, 0) is 4.79 Å². The van der Waals surface area contributed by atoms with Crippen LogP contribution in [0.15, 0.2) is 54.7 Å². The lowest BCUT2D eigenvalue weighted by Gasteiger charge is -2.22. The van der Waals surface area contributed by atoms with E-state index in [2.05, 4.69) is 10.2 Å². The molecule has 3 heterocycles. The zero-order valence-corrected chi connectivity index (χ0v) is 13.5. The first-order valence-corrected chi connectivity index (χ1v) is 8.26. The Morgan fingerprint density at radius 3 is 3.00 bits per heavy atom. The quantitative estimate of drug-likeness (QED) is 0.690. The summed E-state index contributed by atoms with van der Waals surface area (Å²) in [5.74, 6) is 0.364. The van der Waals surface area contributed by atoms with E-state index >= 15 is 0 Å². The highest BCUT2D eigenvalue weighted by Gasteiger charge is 2.32. The van der Waals surface area contributed by atoms with E-state index in [1.54, 1.807) is 23.1 Å². The van der Waals surface area contributed by atoms with Gasteiger partial charge in [0.25, 0.3) is 0 Å². The number of pyridine rings is 1. The lowest BCUT2D eigenvalue weighted by molar-refractivity contribution is -0.127. The Labute approximate surface area is 144 Å². The number of benzene rings is 1. The fraction of sp³-hybridized carbons (Fsp3) is 0.211. The van der Waals surface area contributed by atoms with Crippen LogP contribution >= 0.6 is 0 Å². The summed E-state index contributed by atoms with van der Waals surface area (Å²) in [7, 11) is 0. The average molecular weight is 336 g/mol. The largest absolute Gasteiger partial charge is 0.329 e. The summed E-state index contributed by atoms with van der Waals surface area (Å²) < 4.78 is 15.2. The van der Waals surface area contributed by atoms with Gasteiger partial charge in [-0.25, -0.2) is 4.39 Å². The van der Waals surface area contributed by atoms with E-state index < -0.39 is 0 Å². The molecular formula is C19H17FN4O. The van der Waals surface area contributed by atoms with Crippen molar-refractivity contribution in [3.8, 4) is 0 Å². The number of halogens is 1. The molecule has 1 aliphatic rings. The molecule has 1 atom stereocenters. The summed E-state index contributed by atoms with van der Waals surface area (Å²) in [6, 6.07) is 11.8. The van der Waals surface area contributed by atoms with Gasteiger partial charge in [0.2, 0.25) is 5.91 Å². The normalized spacial score (nSPS) is 17.6. The van der Waals surface area contributed by atoms with Crippen LogP contribution in [0.1, 0.15) is 30.3 Å². The molecule has 6 heteroatoms. The minimum Gasteiger partial charge on any atom is -0.329 e. The first-order chi connectivity index (χ1) is 12.2. The fourth-order valence-corrected chi connectivity index (χ4v) is 3.26. The molecule has 1 amide bonds. The maximum Gasteiger partial charge on any atom is 0.247 e. The van der Waals surface area contributed by atoms with E-state index in [0.29, 0.717) is 12.1 Å². The third-order valence-electron chi connectivity index (χ3n) is 4.44. The first kappa shape index (κ1) is 15.5. The predicted octanol–water partition coefficient (Wildman–Crippen LogP) is 3.25. The molecule has 0 aliphatic carbocycles. The van der Waals surface area contributed by atoms with Gasteiger partial charge in [0.15, 0.2) is 11.5 Å². The molecule has 3 aromatic rings. The van der Waals surface area contributed by atoms with Crippen molar-refractivity contribution in [1.29, 1.82) is 0 Å². The molecule has 1 aliphatic heterocycles. The maximum absolute atomic E-state index is 13.2. The van der Waals surface area contributed by atoms with Gasteiger partial charge in [-0.1, -0.05) is 18.2 Å². The molecule has 5 nitrogen and oxygen atoms in total. The lowest BCUT2D eigenvalue weighted by Crippen LogP contribution is -2.30. The van der Waals surface area contributed by atoms with Crippen LogP contribution in [0, 0.1) is 5.82 Å². The number of hydrogen-bond donors (Lipinski definition) is 0. The molecule has 0 spiro atoms. The van der Waals surface area contributed by atoms with Crippen LogP contribution in [0.4, 0.5) is 4.39 Å². The van der Waals surface area contributed by atoms with E-state index in [0.717, 1.165) is 24.3 Å². The van der Waals surface area contributed by atoms with Crippen LogP contribution < -0.4 is 0 Å². The second kappa shape index (κ2) is 6.47. The summed E-state index contributed by atoms with van der Waals surface area (Å²) in [5.41, 5.74) is 1.43. The van der Waals surface area contributed by atoms with Crippen molar-refractivity contribution in [2.24, 2.45) is 0 Å². The van der Waals surface area contributed by atoms with Crippen molar-refractivity contribution in [3.63, 3.8) is 0 Å². The Kier molecular flexibility index (Phi) is 4.01. The van der Waals surface area contributed by atoms with Crippen LogP contribution in [0.25, 0.3) is 11.7 Å². The summed E-state index contributed by atoms with van der Waals surface area (Å²) in [6.07, 6.45) is 6.83. The number of hydrogen-bond acceptors (Lipinski definition) is 3. The minimum atomic E-state index is -0.316. The number of amides is 1. The van der Waals surface area contributed by atoms with E-state index in [1.807, 2.05) is 28.8 Å². The summed E-state index contributed by atoms with van der Waals surface area (Å²) >= 11 is 0. The monoisotopic (exact) mass is 336 g/mol. The number of nitrogens with zero attached hydrogens (tertiary/aromatic N) is 4. The predicted molar refractivity (Wildman–Crippen MR) is 92.1 cm³/mol. The van der Waals surface area contributed by atoms with Gasteiger partial charge < -0.3 is 4.90 Å². The molecule has 2 aromatic heterocycles. The van der Waals surface area contributed by atoms with Crippen LogP contribution in [0.3, 0.4) is 0 Å². The Morgan fingerprint density at radius 2 is 2.12 bits per heavy atom. The van der Waals surface area contributed by atoms with Gasteiger partial charge in [-0.2, -0.15) is 0 Å². The molecule has 0 saturated carbocycles. The number of carbonyl (C=O) groups excluding carboxylic acids is 1. The highest BCUT2D eigenvalue weighted by atomic mass is 19.1. The van der Waals surface area contributed by atoms with E-state index in [-0.39, 0.29) is 17.8 Å². The highest BCUT2D eigenvalue weighted by Crippen LogP contribution is 2.31. The number of rotatable bonds is 3. The molecule has 1 aromatic carbocycles. The number of fused-ring (bicyclic) bond motifs is 1. The smallest absolute Gasteiger partial charge is 0.247 e. The topological polar surface area (TPSA) is 50.5 Å². The van der Waals surface area contributed by atoms with Gasteiger partial charge in [0.05, 0.1) is 6.04 Å². The van der Waals surface area contributed by atoms with Gasteiger partial charge in [-0.05, 0) is 48.7 Å². The lowest BCUT2D eigenvalue weighted by atomic mass is 10.2. The van der Waals surface area contributed by atoms with Crippen molar-refractivity contribution in [3.05, 3.63) is 71.9 Å². The summed E-state index contributed by atoms with van der Waals surface area (Å²) in [5, 5.41) is 8.46. The Bertz CT molecular complexity index is 949. The molecule has 0 bridgehead atoms. The Balaban J connectivity index is 1.58. The van der Waals surface area contributed by atoms with Gasteiger partial charge in [0.1, 0.15) is 5.82 Å². The molecule has 1 fully saturated rings. The Morgan fingerprint density at radius 1 is 1.20 bits per heavy atom. The SMILES string of the molecule is O=C(/C=C/c1cccc(F)c1)N1CCCC1c1nnc2ccccn12. The zero-order valence-electron chi connectivity index (χ0n) is 13.5. The summed E-state index contributed by atoms with van der Waals surface area (Å²) in [6.45, 7) is 0.679. The van der Waals surface area contributed by atoms with Gasteiger partial charge >= 0.3 is 0 Å². The van der Waals surface area contributed by atoms with E-state index in [4.69, 9.17) is 0 Å². The molecule has 1 saturated heterocycles. The second-order valence-electron chi connectivity index (χ2n) is 6.07. The third-order valence-corrected chi connectivity index (χ3v) is 4.44. The molecular weight excluding hydrogens is 319 g/mol. The molecule has 0 N–H and O–H groups in total. The minimum absolute atomic E-state index is 0.0953. The number of carbonyl (C=O) groups is 1. The maximum atomic E-state index is 13.2. The number of likely N-dealkylation sites (tertiary alicyclic amines) is 1. The van der Waals surface area contributed by atoms with E-state index in [9.17, 15) is 9.18 Å². The Hall–Kier alpha value is -3.02. The van der Waals surface area contributed by atoms with Gasteiger partial charge in [-0.3, -0.25) is 9.20 Å². The molecule has 1 unspecified atom stereocenters. The van der Waals surface area contributed by atoms with Crippen molar-refractivity contribution in [2.75, 3.05) is 6.54 Å². The number of aromatic nitrogens is 3. The van der Waals surface area contributed by atoms with Crippen molar-refractivity contribution < 1.29 is 9.18 Å². The first-order valence-electron chi connectivity index (χ1n) is 8.26. The van der Waals surface area contributed by atoms with Gasteiger partial charge in [-0.15, -0.1) is 10.2 Å².